The van der Waals surface area contributed by atoms with E-state index in [0.29, 0.717) is 48.6 Å². The second-order valence-electron chi connectivity index (χ2n) is 7.61. The minimum Gasteiger partial charge on any atom is -0.497 e. The van der Waals surface area contributed by atoms with Gasteiger partial charge in [0.25, 0.3) is 5.91 Å². The summed E-state index contributed by atoms with van der Waals surface area (Å²) in [6.45, 7) is 6.43. The van der Waals surface area contributed by atoms with Gasteiger partial charge >= 0.3 is 0 Å². The Kier molecular flexibility index (Phi) is 7.91. The number of ether oxygens (including phenoxy) is 2. The predicted octanol–water partition coefficient (Wildman–Crippen LogP) is 1.90. The maximum atomic E-state index is 12.8. The lowest BCUT2D eigenvalue weighted by molar-refractivity contribution is -0.132. The third kappa shape index (κ3) is 5.76. The number of rotatable bonds is 8. The first-order valence-corrected chi connectivity index (χ1v) is 11.2. The summed E-state index contributed by atoms with van der Waals surface area (Å²) >= 11 is 1.35. The molecule has 168 valence electrons. The van der Waals surface area contributed by atoms with Crippen LogP contribution in [-0.2, 0) is 16.6 Å². The third-order valence-corrected chi connectivity index (χ3v) is 6.15. The number of aromatic nitrogens is 3. The van der Waals surface area contributed by atoms with Crippen LogP contribution in [-0.4, -0.2) is 70.6 Å². The molecule has 0 bridgehead atoms. The van der Waals surface area contributed by atoms with E-state index in [-0.39, 0.29) is 29.5 Å². The van der Waals surface area contributed by atoms with Gasteiger partial charge in [-0.3, -0.25) is 9.59 Å². The molecule has 10 heteroatoms. The predicted molar refractivity (Wildman–Crippen MR) is 117 cm³/mol. The fourth-order valence-corrected chi connectivity index (χ4v) is 4.07. The quantitative estimate of drug-likeness (QED) is 0.617. The van der Waals surface area contributed by atoms with E-state index in [2.05, 4.69) is 15.5 Å². The Bertz CT molecular complexity index is 894. The zero-order valence-electron chi connectivity index (χ0n) is 18.3. The molecule has 3 rings (SSSR count). The van der Waals surface area contributed by atoms with E-state index in [1.807, 2.05) is 25.5 Å². The van der Waals surface area contributed by atoms with Crippen LogP contribution >= 0.6 is 11.8 Å². The van der Waals surface area contributed by atoms with Gasteiger partial charge in [-0.15, -0.1) is 10.2 Å². The highest BCUT2D eigenvalue weighted by molar-refractivity contribution is 7.99. The fourth-order valence-electron chi connectivity index (χ4n) is 3.25. The summed E-state index contributed by atoms with van der Waals surface area (Å²) in [6.07, 6.45) is 0. The molecule has 1 atom stereocenters. The van der Waals surface area contributed by atoms with Crippen LogP contribution in [0.4, 0.5) is 0 Å². The zero-order valence-corrected chi connectivity index (χ0v) is 19.1. The van der Waals surface area contributed by atoms with Crippen LogP contribution in [0.3, 0.4) is 0 Å². The molecule has 0 saturated carbocycles. The van der Waals surface area contributed by atoms with E-state index >= 15 is 0 Å². The Morgan fingerprint density at radius 1 is 1.19 bits per heavy atom. The SMILES string of the molecule is COc1ccc(C(=O)NC(c2nnc(SCC(=O)N3CCOCC3)n2C)C(C)C)cc1. The molecule has 1 fully saturated rings. The number of hydrogen-bond acceptors (Lipinski definition) is 7. The highest BCUT2D eigenvalue weighted by Gasteiger charge is 2.26. The molecule has 0 aliphatic carbocycles. The second-order valence-corrected chi connectivity index (χ2v) is 8.55. The van der Waals surface area contributed by atoms with Gasteiger partial charge in [0, 0.05) is 25.7 Å². The van der Waals surface area contributed by atoms with Crippen LogP contribution in [0, 0.1) is 5.92 Å². The molecule has 1 unspecified atom stereocenters. The minimum absolute atomic E-state index is 0.0612. The van der Waals surface area contributed by atoms with Gasteiger partial charge < -0.3 is 24.3 Å². The fraction of sp³-hybridized carbons (Fsp3) is 0.524. The summed E-state index contributed by atoms with van der Waals surface area (Å²) in [6, 6.07) is 6.63. The van der Waals surface area contributed by atoms with Crippen molar-refractivity contribution in [1.29, 1.82) is 0 Å². The van der Waals surface area contributed by atoms with Crippen LogP contribution in [0.1, 0.15) is 36.1 Å². The van der Waals surface area contributed by atoms with E-state index < -0.39 is 0 Å². The van der Waals surface area contributed by atoms with E-state index in [1.165, 1.54) is 11.8 Å². The van der Waals surface area contributed by atoms with Crippen molar-refractivity contribution in [2.45, 2.75) is 25.0 Å². The maximum Gasteiger partial charge on any atom is 0.251 e. The molecule has 1 aliphatic heterocycles. The van der Waals surface area contributed by atoms with E-state index in [9.17, 15) is 9.59 Å². The Morgan fingerprint density at radius 2 is 1.87 bits per heavy atom. The molecular weight excluding hydrogens is 418 g/mol. The van der Waals surface area contributed by atoms with Crippen molar-refractivity contribution < 1.29 is 19.1 Å². The van der Waals surface area contributed by atoms with Gasteiger partial charge in [-0.1, -0.05) is 25.6 Å². The van der Waals surface area contributed by atoms with Gasteiger partial charge in [-0.05, 0) is 30.2 Å². The molecule has 1 aromatic heterocycles. The minimum atomic E-state index is -0.323. The number of amides is 2. The van der Waals surface area contributed by atoms with E-state index in [0.717, 1.165) is 0 Å². The number of carbonyl (C=O) groups is 2. The van der Waals surface area contributed by atoms with Gasteiger partial charge in [0.1, 0.15) is 5.75 Å². The summed E-state index contributed by atoms with van der Waals surface area (Å²) < 4.78 is 12.3. The summed E-state index contributed by atoms with van der Waals surface area (Å²) in [7, 11) is 3.44. The van der Waals surface area contributed by atoms with E-state index in [1.54, 1.807) is 36.3 Å². The molecule has 1 aromatic carbocycles. The lowest BCUT2D eigenvalue weighted by Crippen LogP contribution is -2.41. The van der Waals surface area contributed by atoms with Gasteiger partial charge in [0.2, 0.25) is 5.91 Å². The Balaban J connectivity index is 1.66. The molecule has 1 N–H and O–H groups in total. The van der Waals surface area contributed by atoms with Crippen molar-refractivity contribution in [1.82, 2.24) is 25.0 Å². The van der Waals surface area contributed by atoms with E-state index in [4.69, 9.17) is 9.47 Å². The summed E-state index contributed by atoms with van der Waals surface area (Å²) in [5.41, 5.74) is 0.541. The molecule has 9 nitrogen and oxygen atoms in total. The average molecular weight is 448 g/mol. The smallest absolute Gasteiger partial charge is 0.251 e. The normalized spacial score (nSPS) is 15.1. The molecule has 2 heterocycles. The van der Waals surface area contributed by atoms with Gasteiger partial charge in [-0.25, -0.2) is 0 Å². The molecular formula is C21H29N5O4S. The summed E-state index contributed by atoms with van der Waals surface area (Å²) in [5, 5.41) is 12.3. The van der Waals surface area contributed by atoms with Gasteiger partial charge in [0.15, 0.2) is 11.0 Å². The Hall–Kier alpha value is -2.59. The molecule has 1 aliphatic rings. The number of morpholine rings is 1. The van der Waals surface area contributed by atoms with Crippen LogP contribution in [0.25, 0.3) is 0 Å². The highest BCUT2D eigenvalue weighted by atomic mass is 32.2. The third-order valence-electron chi connectivity index (χ3n) is 5.14. The van der Waals surface area contributed by atoms with Crippen LogP contribution < -0.4 is 10.1 Å². The first kappa shape index (κ1) is 23.1. The van der Waals surface area contributed by atoms with Gasteiger partial charge in [-0.2, -0.15) is 0 Å². The Morgan fingerprint density at radius 3 is 2.48 bits per heavy atom. The number of methoxy groups -OCH3 is 1. The monoisotopic (exact) mass is 447 g/mol. The molecule has 2 aromatic rings. The zero-order chi connectivity index (χ0) is 22.4. The number of thioether (sulfide) groups is 1. The van der Waals surface area contributed by atoms with Crippen molar-refractivity contribution >= 4 is 23.6 Å². The number of carbonyl (C=O) groups excluding carboxylic acids is 2. The molecule has 31 heavy (non-hydrogen) atoms. The first-order chi connectivity index (χ1) is 14.9. The van der Waals surface area contributed by atoms with Crippen LogP contribution in [0.5, 0.6) is 5.75 Å². The van der Waals surface area contributed by atoms with Crippen molar-refractivity contribution in [2.75, 3.05) is 39.2 Å². The lowest BCUT2D eigenvalue weighted by atomic mass is 10.0. The standard InChI is InChI=1S/C21H29N5O4S/c1-14(2)18(22-20(28)15-5-7-16(29-4)8-6-15)19-23-24-21(25(19)3)31-13-17(27)26-9-11-30-12-10-26/h5-8,14,18H,9-13H2,1-4H3,(H,22,28). The first-order valence-electron chi connectivity index (χ1n) is 10.2. The summed E-state index contributed by atoms with van der Waals surface area (Å²) in [5.74, 6) is 1.60. The summed E-state index contributed by atoms with van der Waals surface area (Å²) in [4.78, 5) is 27.0. The lowest BCUT2D eigenvalue weighted by Gasteiger charge is -2.26. The average Bonchev–Trinajstić information content (AvgIpc) is 3.15. The van der Waals surface area contributed by atoms with Crippen molar-refractivity contribution in [3.63, 3.8) is 0 Å². The number of nitrogens with one attached hydrogen (secondary N) is 1. The molecule has 0 spiro atoms. The van der Waals surface area contributed by atoms with Gasteiger partial charge in [0.05, 0.1) is 32.1 Å². The highest BCUT2D eigenvalue weighted by Crippen LogP contribution is 2.25. The second kappa shape index (κ2) is 10.6. The van der Waals surface area contributed by atoms with Crippen molar-refractivity contribution in [3.8, 4) is 5.75 Å². The molecule has 0 radical (unpaired) electrons. The maximum absolute atomic E-state index is 12.8. The number of nitrogens with zero attached hydrogens (tertiary/aromatic N) is 4. The number of benzene rings is 1. The van der Waals surface area contributed by atoms with Crippen molar-refractivity contribution in [2.24, 2.45) is 13.0 Å². The van der Waals surface area contributed by atoms with Crippen LogP contribution in [0.15, 0.2) is 29.4 Å². The van der Waals surface area contributed by atoms with Crippen molar-refractivity contribution in [3.05, 3.63) is 35.7 Å². The Labute approximate surface area is 186 Å². The number of hydrogen-bond donors (Lipinski definition) is 1. The topological polar surface area (TPSA) is 98.6 Å². The molecule has 2 amide bonds. The van der Waals surface area contributed by atoms with Crippen LogP contribution in [0.2, 0.25) is 0 Å². The largest absolute Gasteiger partial charge is 0.497 e. The molecule has 1 saturated heterocycles.